The van der Waals surface area contributed by atoms with E-state index in [1.54, 1.807) is 16.7 Å². The van der Waals surface area contributed by atoms with Gasteiger partial charge in [-0.05, 0) is 5.56 Å². The molecule has 3 rings (SSSR count). The number of amides is 2. The second-order valence-electron chi connectivity index (χ2n) is 6.18. The summed E-state index contributed by atoms with van der Waals surface area (Å²) in [6.45, 7) is 3.56. The molecule has 0 spiro atoms. The van der Waals surface area contributed by atoms with Crippen LogP contribution < -0.4 is 0 Å². The van der Waals surface area contributed by atoms with Gasteiger partial charge in [-0.15, -0.1) is 11.8 Å². The second kappa shape index (κ2) is 8.00. The third-order valence-electron chi connectivity index (χ3n) is 4.49. The number of piperazine rings is 1. The largest absolute Gasteiger partial charge is 0.387 e. The summed E-state index contributed by atoms with van der Waals surface area (Å²) in [4.78, 5) is 29.5. The Labute approximate surface area is 146 Å². The quantitative estimate of drug-likeness (QED) is 0.834. The van der Waals surface area contributed by atoms with Crippen LogP contribution in [0.15, 0.2) is 30.3 Å². The maximum Gasteiger partial charge on any atom is 0.242 e. The molecule has 1 atom stereocenters. The second-order valence-corrected chi connectivity index (χ2v) is 7.13. The first-order chi connectivity index (χ1) is 11.6. The fourth-order valence-electron chi connectivity index (χ4n) is 3.01. The number of aliphatic hydroxyl groups is 1. The van der Waals surface area contributed by atoms with Crippen LogP contribution in [0.25, 0.3) is 0 Å². The SMILES string of the molecule is O=C(CN1CSCC1=O)N1CCN(C[C@H](O)c2ccccc2)CC1. The average Bonchev–Trinajstić information content (AvgIpc) is 3.01. The maximum atomic E-state index is 12.3. The Morgan fingerprint density at radius 3 is 2.50 bits per heavy atom. The van der Waals surface area contributed by atoms with Gasteiger partial charge in [0.25, 0.3) is 0 Å². The van der Waals surface area contributed by atoms with Crippen LogP contribution in [0.5, 0.6) is 0 Å². The summed E-state index contributed by atoms with van der Waals surface area (Å²) in [5.41, 5.74) is 0.918. The van der Waals surface area contributed by atoms with Crippen LogP contribution in [0.3, 0.4) is 0 Å². The molecule has 0 radical (unpaired) electrons. The molecular weight excluding hydrogens is 326 g/mol. The predicted octanol–water partition coefficient (Wildman–Crippen LogP) is 0.397. The van der Waals surface area contributed by atoms with Crippen molar-refractivity contribution in [2.75, 3.05) is 50.9 Å². The Hall–Kier alpha value is -1.57. The molecule has 6 nitrogen and oxygen atoms in total. The Morgan fingerprint density at radius 2 is 1.88 bits per heavy atom. The summed E-state index contributed by atoms with van der Waals surface area (Å²) >= 11 is 1.55. The molecule has 1 aromatic rings. The van der Waals surface area contributed by atoms with Gasteiger partial charge >= 0.3 is 0 Å². The number of hydrogen-bond donors (Lipinski definition) is 1. The van der Waals surface area contributed by atoms with Crippen molar-refractivity contribution in [3.05, 3.63) is 35.9 Å². The highest BCUT2D eigenvalue weighted by Gasteiger charge is 2.27. The number of aliphatic hydroxyl groups excluding tert-OH is 1. The summed E-state index contributed by atoms with van der Waals surface area (Å²) in [5, 5.41) is 10.3. The molecule has 0 aliphatic carbocycles. The first-order valence-electron chi connectivity index (χ1n) is 8.22. The van der Waals surface area contributed by atoms with Gasteiger partial charge in [-0.3, -0.25) is 14.5 Å². The number of benzene rings is 1. The lowest BCUT2D eigenvalue weighted by atomic mass is 10.1. The van der Waals surface area contributed by atoms with Gasteiger partial charge in [-0.2, -0.15) is 0 Å². The zero-order chi connectivity index (χ0) is 16.9. The number of carbonyl (C=O) groups is 2. The lowest BCUT2D eigenvalue weighted by molar-refractivity contribution is -0.139. The van der Waals surface area contributed by atoms with Crippen molar-refractivity contribution in [3.63, 3.8) is 0 Å². The van der Waals surface area contributed by atoms with Crippen molar-refractivity contribution in [1.29, 1.82) is 0 Å². The molecule has 24 heavy (non-hydrogen) atoms. The Balaban J connectivity index is 1.43. The highest BCUT2D eigenvalue weighted by atomic mass is 32.2. The molecule has 130 valence electrons. The van der Waals surface area contributed by atoms with E-state index in [2.05, 4.69) is 4.90 Å². The van der Waals surface area contributed by atoms with Gasteiger partial charge in [-0.25, -0.2) is 0 Å². The first-order valence-corrected chi connectivity index (χ1v) is 9.37. The summed E-state index contributed by atoms with van der Waals surface area (Å²) in [5.74, 6) is 1.18. The molecule has 0 saturated carbocycles. The van der Waals surface area contributed by atoms with E-state index in [0.717, 1.165) is 18.7 Å². The Morgan fingerprint density at radius 1 is 1.17 bits per heavy atom. The lowest BCUT2D eigenvalue weighted by Crippen LogP contribution is -2.52. The third-order valence-corrected chi connectivity index (χ3v) is 5.44. The van der Waals surface area contributed by atoms with Gasteiger partial charge in [0.15, 0.2) is 0 Å². The van der Waals surface area contributed by atoms with Crippen molar-refractivity contribution in [2.24, 2.45) is 0 Å². The first kappa shape index (κ1) is 17.3. The predicted molar refractivity (Wildman–Crippen MR) is 93.5 cm³/mol. The van der Waals surface area contributed by atoms with E-state index >= 15 is 0 Å². The monoisotopic (exact) mass is 349 g/mol. The van der Waals surface area contributed by atoms with Crippen LogP contribution >= 0.6 is 11.8 Å². The normalized spacial score (nSPS) is 20.5. The molecule has 2 heterocycles. The van der Waals surface area contributed by atoms with Crippen LogP contribution in [-0.4, -0.2) is 82.5 Å². The van der Waals surface area contributed by atoms with Gasteiger partial charge in [0.2, 0.25) is 11.8 Å². The molecule has 7 heteroatoms. The number of carbonyl (C=O) groups excluding carboxylic acids is 2. The summed E-state index contributed by atoms with van der Waals surface area (Å²) < 4.78 is 0. The highest BCUT2D eigenvalue weighted by Crippen LogP contribution is 2.17. The molecular formula is C17H23N3O3S. The van der Waals surface area contributed by atoms with Crippen LogP contribution in [0.2, 0.25) is 0 Å². The molecule has 0 unspecified atom stereocenters. The zero-order valence-corrected chi connectivity index (χ0v) is 14.5. The fraction of sp³-hybridized carbons (Fsp3) is 0.529. The van der Waals surface area contributed by atoms with E-state index in [9.17, 15) is 14.7 Å². The van der Waals surface area contributed by atoms with Crippen LogP contribution in [0.1, 0.15) is 11.7 Å². The van der Waals surface area contributed by atoms with E-state index in [1.807, 2.05) is 35.2 Å². The van der Waals surface area contributed by atoms with E-state index in [4.69, 9.17) is 0 Å². The minimum absolute atomic E-state index is 0.0223. The fourth-order valence-corrected chi connectivity index (χ4v) is 3.91. The number of thioether (sulfide) groups is 1. The van der Waals surface area contributed by atoms with Crippen molar-refractivity contribution >= 4 is 23.6 Å². The number of nitrogens with zero attached hydrogens (tertiary/aromatic N) is 3. The highest BCUT2D eigenvalue weighted by molar-refractivity contribution is 8.00. The molecule has 0 bridgehead atoms. The van der Waals surface area contributed by atoms with E-state index in [0.29, 0.717) is 31.3 Å². The van der Waals surface area contributed by atoms with Gasteiger partial charge in [0.05, 0.1) is 17.7 Å². The van der Waals surface area contributed by atoms with E-state index < -0.39 is 6.10 Å². The molecule has 2 saturated heterocycles. The molecule has 2 aliphatic heterocycles. The van der Waals surface area contributed by atoms with Gasteiger partial charge < -0.3 is 14.9 Å². The third kappa shape index (κ3) is 4.28. The van der Waals surface area contributed by atoms with Crippen molar-refractivity contribution < 1.29 is 14.7 Å². The van der Waals surface area contributed by atoms with Crippen molar-refractivity contribution in [1.82, 2.24) is 14.7 Å². The van der Waals surface area contributed by atoms with Crippen LogP contribution in [-0.2, 0) is 9.59 Å². The summed E-state index contributed by atoms with van der Waals surface area (Å²) in [6, 6.07) is 9.63. The van der Waals surface area contributed by atoms with Gasteiger partial charge in [0.1, 0.15) is 6.54 Å². The lowest BCUT2D eigenvalue weighted by Gasteiger charge is -2.36. The number of hydrogen-bond acceptors (Lipinski definition) is 5. The zero-order valence-electron chi connectivity index (χ0n) is 13.6. The smallest absolute Gasteiger partial charge is 0.242 e. The molecule has 2 fully saturated rings. The molecule has 0 aromatic heterocycles. The minimum Gasteiger partial charge on any atom is -0.387 e. The van der Waals surface area contributed by atoms with Crippen molar-refractivity contribution in [3.8, 4) is 0 Å². The minimum atomic E-state index is -0.507. The maximum absolute atomic E-state index is 12.3. The topological polar surface area (TPSA) is 64.1 Å². The molecule has 1 N–H and O–H groups in total. The van der Waals surface area contributed by atoms with Crippen molar-refractivity contribution in [2.45, 2.75) is 6.10 Å². The van der Waals surface area contributed by atoms with Gasteiger partial charge in [-0.1, -0.05) is 30.3 Å². The van der Waals surface area contributed by atoms with Crippen LogP contribution in [0.4, 0.5) is 0 Å². The molecule has 2 amide bonds. The number of β-amino-alcohol motifs (C(OH)–C–C–N with tert-alkyl or cyclic N) is 1. The number of rotatable bonds is 5. The Bertz CT molecular complexity index is 576. The molecule has 2 aliphatic rings. The Kier molecular flexibility index (Phi) is 5.76. The van der Waals surface area contributed by atoms with Gasteiger partial charge in [0, 0.05) is 32.7 Å². The van der Waals surface area contributed by atoms with Crippen LogP contribution in [0, 0.1) is 0 Å². The summed E-state index contributed by atoms with van der Waals surface area (Å²) in [6.07, 6.45) is -0.507. The van der Waals surface area contributed by atoms with E-state index in [-0.39, 0.29) is 18.4 Å². The van der Waals surface area contributed by atoms with E-state index in [1.165, 1.54) is 0 Å². The standard InChI is InChI=1S/C17H23N3O3S/c21-15(14-4-2-1-3-5-14)10-18-6-8-19(9-7-18)16(22)11-20-13-24-12-17(20)23/h1-5,15,21H,6-13H2/t15-/m0/s1. The average molecular weight is 349 g/mol. The molecule has 1 aromatic carbocycles. The summed E-state index contributed by atoms with van der Waals surface area (Å²) in [7, 11) is 0.